The Balaban J connectivity index is 2.79. The Labute approximate surface area is 97.9 Å². The molecule has 4 heteroatoms. The topological polar surface area (TPSA) is 38.3 Å². The monoisotopic (exact) mass is 271 g/mol. The molecule has 0 unspecified atom stereocenters. The predicted molar refractivity (Wildman–Crippen MR) is 64.6 cm³/mol. The number of hydrogen-bond acceptors (Lipinski definition) is 2. The van der Waals surface area contributed by atoms with Crippen LogP contribution in [0.3, 0.4) is 0 Å². The number of amides is 1. The van der Waals surface area contributed by atoms with Crippen LogP contribution in [0.15, 0.2) is 24.3 Å². The average molecular weight is 272 g/mol. The Bertz CT molecular complexity index is 339. The summed E-state index contributed by atoms with van der Waals surface area (Å²) in [7, 11) is 0. The van der Waals surface area contributed by atoms with Crippen molar-refractivity contribution in [2.75, 3.05) is 11.9 Å². The van der Waals surface area contributed by atoms with E-state index in [0.29, 0.717) is 18.0 Å². The lowest BCUT2D eigenvalue weighted by Gasteiger charge is -2.11. The number of ether oxygens (including phenoxy) is 1. The maximum absolute atomic E-state index is 11.5. The standard InChI is InChI=1S/C11H14BrNO2/c1-3-15-10-7-5-4-6-9(10)13-11(14)8(2)12/h4-8H,3H2,1-2H3,(H,13,14)/t8-/m0/s1. The summed E-state index contributed by atoms with van der Waals surface area (Å²) in [6.45, 7) is 4.26. The number of alkyl halides is 1. The van der Waals surface area contributed by atoms with Crippen LogP contribution in [0.4, 0.5) is 5.69 Å². The summed E-state index contributed by atoms with van der Waals surface area (Å²) in [6, 6.07) is 7.38. The van der Waals surface area contributed by atoms with Crippen LogP contribution in [0, 0.1) is 0 Å². The van der Waals surface area contributed by atoms with Crippen molar-refractivity contribution in [3.63, 3.8) is 0 Å². The van der Waals surface area contributed by atoms with Crippen molar-refractivity contribution in [2.24, 2.45) is 0 Å². The van der Waals surface area contributed by atoms with Crippen LogP contribution in [-0.4, -0.2) is 17.3 Å². The Morgan fingerprint density at radius 2 is 2.20 bits per heavy atom. The van der Waals surface area contributed by atoms with Gasteiger partial charge in [-0.25, -0.2) is 0 Å². The van der Waals surface area contributed by atoms with Crippen LogP contribution in [0.25, 0.3) is 0 Å². The van der Waals surface area contributed by atoms with Gasteiger partial charge < -0.3 is 10.1 Å². The van der Waals surface area contributed by atoms with E-state index in [1.807, 2.05) is 31.2 Å². The number of halogens is 1. The van der Waals surface area contributed by atoms with E-state index < -0.39 is 0 Å². The molecule has 0 saturated heterocycles. The molecule has 1 N–H and O–H groups in total. The summed E-state index contributed by atoms with van der Waals surface area (Å²) in [5.74, 6) is 0.614. The van der Waals surface area contributed by atoms with Gasteiger partial charge in [0.05, 0.1) is 17.1 Å². The molecule has 0 aliphatic carbocycles. The Morgan fingerprint density at radius 1 is 1.53 bits per heavy atom. The Hall–Kier alpha value is -1.03. The number of rotatable bonds is 4. The second-order valence-corrected chi connectivity index (χ2v) is 4.41. The van der Waals surface area contributed by atoms with Crippen LogP contribution in [-0.2, 0) is 4.79 Å². The molecule has 82 valence electrons. The molecule has 0 radical (unpaired) electrons. The lowest BCUT2D eigenvalue weighted by Crippen LogP contribution is -2.20. The van der Waals surface area contributed by atoms with Crippen LogP contribution in [0.5, 0.6) is 5.75 Å². The largest absolute Gasteiger partial charge is 0.492 e. The third-order valence-corrected chi connectivity index (χ3v) is 2.22. The van der Waals surface area contributed by atoms with E-state index in [-0.39, 0.29) is 10.7 Å². The zero-order chi connectivity index (χ0) is 11.3. The highest BCUT2D eigenvalue weighted by atomic mass is 79.9. The molecule has 0 aromatic heterocycles. The molecule has 3 nitrogen and oxygen atoms in total. The summed E-state index contributed by atoms with van der Waals surface area (Å²) in [5, 5.41) is 2.78. The van der Waals surface area contributed by atoms with Crippen LogP contribution in [0.2, 0.25) is 0 Å². The molecular weight excluding hydrogens is 258 g/mol. The number of carbonyl (C=O) groups is 1. The summed E-state index contributed by atoms with van der Waals surface area (Å²) in [5.41, 5.74) is 0.704. The Kier molecular flexibility index (Phi) is 4.62. The minimum Gasteiger partial charge on any atom is -0.492 e. The number of carbonyl (C=O) groups excluding carboxylic acids is 1. The first-order chi connectivity index (χ1) is 7.15. The van der Waals surface area contributed by atoms with Crippen molar-refractivity contribution in [3.8, 4) is 5.75 Å². The minimum absolute atomic E-state index is 0.0813. The highest BCUT2D eigenvalue weighted by Gasteiger charge is 2.11. The van der Waals surface area contributed by atoms with Gasteiger partial charge in [0.15, 0.2) is 0 Å². The van der Waals surface area contributed by atoms with Gasteiger partial charge >= 0.3 is 0 Å². The van der Waals surface area contributed by atoms with Gasteiger partial charge in [0.2, 0.25) is 5.91 Å². The van der Waals surface area contributed by atoms with E-state index in [9.17, 15) is 4.79 Å². The summed E-state index contributed by atoms with van der Waals surface area (Å²) in [6.07, 6.45) is 0. The van der Waals surface area contributed by atoms with Crippen molar-refractivity contribution in [3.05, 3.63) is 24.3 Å². The predicted octanol–water partition coefficient (Wildman–Crippen LogP) is 2.81. The van der Waals surface area contributed by atoms with E-state index in [1.54, 1.807) is 6.92 Å². The number of hydrogen-bond donors (Lipinski definition) is 1. The fourth-order valence-corrected chi connectivity index (χ4v) is 1.20. The van der Waals surface area contributed by atoms with Gasteiger partial charge in [-0.2, -0.15) is 0 Å². The molecule has 0 spiro atoms. The molecule has 0 bridgehead atoms. The number of benzene rings is 1. The second kappa shape index (κ2) is 5.75. The van der Waals surface area contributed by atoms with E-state index in [2.05, 4.69) is 21.2 Å². The minimum atomic E-state index is -0.216. The molecule has 1 aromatic carbocycles. The number of para-hydroxylation sites is 2. The quantitative estimate of drug-likeness (QED) is 0.856. The number of nitrogens with one attached hydrogen (secondary N) is 1. The van der Waals surface area contributed by atoms with Gasteiger partial charge in [-0.3, -0.25) is 4.79 Å². The SMILES string of the molecule is CCOc1ccccc1NC(=O)[C@H](C)Br. The average Bonchev–Trinajstić information content (AvgIpc) is 2.21. The van der Waals surface area contributed by atoms with E-state index in [0.717, 1.165) is 0 Å². The van der Waals surface area contributed by atoms with Crippen molar-refractivity contribution >= 4 is 27.5 Å². The van der Waals surface area contributed by atoms with E-state index in [1.165, 1.54) is 0 Å². The van der Waals surface area contributed by atoms with Gasteiger partial charge in [-0.05, 0) is 26.0 Å². The second-order valence-electron chi connectivity index (χ2n) is 3.03. The highest BCUT2D eigenvalue weighted by Crippen LogP contribution is 2.24. The molecule has 0 fully saturated rings. The maximum Gasteiger partial charge on any atom is 0.237 e. The molecule has 0 aliphatic rings. The maximum atomic E-state index is 11.5. The molecule has 15 heavy (non-hydrogen) atoms. The third kappa shape index (κ3) is 3.55. The lowest BCUT2D eigenvalue weighted by molar-refractivity contribution is -0.115. The summed E-state index contributed by atoms with van der Waals surface area (Å²) < 4.78 is 5.39. The molecule has 0 aliphatic heterocycles. The van der Waals surface area contributed by atoms with E-state index in [4.69, 9.17) is 4.74 Å². The van der Waals surface area contributed by atoms with Gasteiger partial charge in [0.1, 0.15) is 5.75 Å². The number of anilines is 1. The first-order valence-corrected chi connectivity index (χ1v) is 5.73. The Morgan fingerprint density at radius 3 is 2.80 bits per heavy atom. The fourth-order valence-electron chi connectivity index (χ4n) is 1.08. The van der Waals surface area contributed by atoms with Gasteiger partial charge in [-0.15, -0.1) is 0 Å². The zero-order valence-electron chi connectivity index (χ0n) is 8.79. The summed E-state index contributed by atoms with van der Waals surface area (Å²) in [4.78, 5) is 11.2. The molecule has 1 amide bonds. The van der Waals surface area contributed by atoms with Crippen molar-refractivity contribution in [1.29, 1.82) is 0 Å². The molecule has 1 aromatic rings. The first-order valence-electron chi connectivity index (χ1n) is 4.82. The first kappa shape index (κ1) is 12.0. The van der Waals surface area contributed by atoms with Gasteiger partial charge in [-0.1, -0.05) is 28.1 Å². The lowest BCUT2D eigenvalue weighted by atomic mass is 10.3. The molecule has 0 saturated carbocycles. The summed E-state index contributed by atoms with van der Waals surface area (Å²) >= 11 is 3.21. The molecular formula is C11H14BrNO2. The van der Waals surface area contributed by atoms with Crippen molar-refractivity contribution < 1.29 is 9.53 Å². The van der Waals surface area contributed by atoms with Gasteiger partial charge in [0.25, 0.3) is 0 Å². The molecule has 1 atom stereocenters. The highest BCUT2D eigenvalue weighted by molar-refractivity contribution is 9.10. The normalized spacial score (nSPS) is 11.9. The van der Waals surface area contributed by atoms with Crippen molar-refractivity contribution in [1.82, 2.24) is 0 Å². The molecule has 0 heterocycles. The fraction of sp³-hybridized carbons (Fsp3) is 0.364. The third-order valence-electron chi connectivity index (χ3n) is 1.81. The van der Waals surface area contributed by atoms with Gasteiger partial charge in [0, 0.05) is 0 Å². The van der Waals surface area contributed by atoms with Crippen LogP contribution < -0.4 is 10.1 Å². The van der Waals surface area contributed by atoms with Crippen LogP contribution >= 0.6 is 15.9 Å². The van der Waals surface area contributed by atoms with Crippen LogP contribution in [0.1, 0.15) is 13.8 Å². The molecule has 1 rings (SSSR count). The van der Waals surface area contributed by atoms with Crippen molar-refractivity contribution in [2.45, 2.75) is 18.7 Å². The smallest absolute Gasteiger partial charge is 0.237 e. The van der Waals surface area contributed by atoms with E-state index >= 15 is 0 Å². The zero-order valence-corrected chi connectivity index (χ0v) is 10.4.